The average Bonchev–Trinajstić information content (AvgIpc) is 2.55. The molecule has 1 saturated heterocycles. The first-order valence-corrected chi connectivity index (χ1v) is 5.03. The van der Waals surface area contributed by atoms with Crippen molar-refractivity contribution < 1.29 is 27.9 Å². The highest BCUT2D eigenvalue weighted by atomic mass is 19.4. The highest BCUT2D eigenvalue weighted by Gasteiger charge is 2.38. The lowest BCUT2D eigenvalue weighted by atomic mass is 9.99. The second-order valence-electron chi connectivity index (χ2n) is 4.10. The van der Waals surface area contributed by atoms with E-state index in [1.165, 1.54) is 0 Å². The number of nitrogens with one attached hydrogen (secondary N) is 1. The zero-order valence-corrected chi connectivity index (χ0v) is 9.12. The molecular weight excluding hydrogens is 241 g/mol. The molecule has 0 bridgehead atoms. The van der Waals surface area contributed by atoms with Gasteiger partial charge in [-0.05, 0) is 5.92 Å². The Morgan fingerprint density at radius 1 is 1.41 bits per heavy atom. The summed E-state index contributed by atoms with van der Waals surface area (Å²) in [5.41, 5.74) is 0. The van der Waals surface area contributed by atoms with E-state index >= 15 is 0 Å². The molecule has 5 nitrogen and oxygen atoms in total. The molecular formula is C9H13F3N2O3. The van der Waals surface area contributed by atoms with Gasteiger partial charge in [0, 0.05) is 13.1 Å². The smallest absolute Gasteiger partial charge is 0.405 e. The van der Waals surface area contributed by atoms with Gasteiger partial charge in [-0.3, -0.25) is 4.79 Å². The minimum Gasteiger partial charge on any atom is -0.481 e. The van der Waals surface area contributed by atoms with E-state index in [9.17, 15) is 22.8 Å². The van der Waals surface area contributed by atoms with Crippen LogP contribution < -0.4 is 5.32 Å². The van der Waals surface area contributed by atoms with Crippen molar-refractivity contribution in [2.75, 3.05) is 19.6 Å². The van der Waals surface area contributed by atoms with Gasteiger partial charge in [-0.15, -0.1) is 0 Å². The number of carboxylic acid groups (broad SMARTS) is 1. The predicted octanol–water partition coefficient (Wildman–Crippen LogP) is 0.911. The number of aliphatic carboxylic acids is 1. The molecule has 8 heteroatoms. The lowest BCUT2D eigenvalue weighted by Crippen LogP contribution is -2.43. The number of alkyl halides is 3. The van der Waals surface area contributed by atoms with Gasteiger partial charge >= 0.3 is 18.2 Å². The number of rotatable bonds is 2. The summed E-state index contributed by atoms with van der Waals surface area (Å²) < 4.78 is 35.6. The summed E-state index contributed by atoms with van der Waals surface area (Å²) in [6.45, 7) is 0.338. The third kappa shape index (κ3) is 3.79. The van der Waals surface area contributed by atoms with Crippen LogP contribution >= 0.6 is 0 Å². The molecule has 0 aromatic carbocycles. The quantitative estimate of drug-likeness (QED) is 0.769. The monoisotopic (exact) mass is 254 g/mol. The van der Waals surface area contributed by atoms with Crippen LogP contribution in [-0.2, 0) is 4.79 Å². The van der Waals surface area contributed by atoms with Gasteiger partial charge in [0.2, 0.25) is 0 Å². The molecule has 0 saturated carbocycles. The van der Waals surface area contributed by atoms with Gasteiger partial charge in [0.1, 0.15) is 6.54 Å². The van der Waals surface area contributed by atoms with Crippen LogP contribution in [0.1, 0.15) is 6.92 Å². The lowest BCUT2D eigenvalue weighted by molar-refractivity contribution is -0.142. The van der Waals surface area contributed by atoms with Crippen LogP contribution in [0.15, 0.2) is 0 Å². The van der Waals surface area contributed by atoms with Crippen molar-refractivity contribution in [2.45, 2.75) is 13.1 Å². The maximum atomic E-state index is 11.9. The Labute approximate surface area is 95.6 Å². The zero-order valence-electron chi connectivity index (χ0n) is 9.12. The SMILES string of the molecule is CC1CN(C(=O)NCC(F)(F)F)CC1C(=O)O. The summed E-state index contributed by atoms with van der Waals surface area (Å²) in [5.74, 6) is -2.01. The van der Waals surface area contributed by atoms with E-state index in [0.29, 0.717) is 0 Å². The third-order valence-electron chi connectivity index (χ3n) is 2.66. The molecule has 0 aromatic heterocycles. The molecule has 2 N–H and O–H groups in total. The number of carbonyl (C=O) groups excluding carboxylic acids is 1. The number of likely N-dealkylation sites (tertiary alicyclic amines) is 1. The molecule has 17 heavy (non-hydrogen) atoms. The van der Waals surface area contributed by atoms with Crippen molar-refractivity contribution in [3.63, 3.8) is 0 Å². The van der Waals surface area contributed by atoms with Gasteiger partial charge in [0.15, 0.2) is 0 Å². The molecule has 2 unspecified atom stereocenters. The normalized spacial score (nSPS) is 24.8. The number of halogens is 3. The summed E-state index contributed by atoms with van der Waals surface area (Å²) in [4.78, 5) is 23.2. The molecule has 1 heterocycles. The van der Waals surface area contributed by atoms with Crippen molar-refractivity contribution in [1.82, 2.24) is 10.2 Å². The van der Waals surface area contributed by atoms with E-state index in [2.05, 4.69) is 0 Å². The molecule has 1 rings (SSSR count). The summed E-state index contributed by atoms with van der Waals surface area (Å²) in [6, 6.07) is -0.877. The zero-order chi connectivity index (χ0) is 13.2. The molecule has 98 valence electrons. The molecule has 1 aliphatic rings. The average molecular weight is 254 g/mol. The Balaban J connectivity index is 2.48. The van der Waals surface area contributed by atoms with E-state index in [1.54, 1.807) is 12.2 Å². The summed E-state index contributed by atoms with van der Waals surface area (Å²) in [5, 5.41) is 10.5. The third-order valence-corrected chi connectivity index (χ3v) is 2.66. The summed E-state index contributed by atoms with van der Waals surface area (Å²) in [6.07, 6.45) is -4.47. The van der Waals surface area contributed by atoms with Crippen LogP contribution in [0.2, 0.25) is 0 Å². The molecule has 0 aromatic rings. The number of amides is 2. The van der Waals surface area contributed by atoms with Gasteiger partial charge in [-0.25, -0.2) is 4.79 Å². The Kier molecular flexibility index (Phi) is 3.84. The molecule has 1 aliphatic heterocycles. The standard InChI is InChI=1S/C9H13F3N2O3/c1-5-2-14(3-6(5)7(15)16)8(17)13-4-9(10,11)12/h5-6H,2-4H2,1H3,(H,13,17)(H,15,16). The number of carboxylic acids is 1. The largest absolute Gasteiger partial charge is 0.481 e. The Morgan fingerprint density at radius 3 is 2.41 bits per heavy atom. The molecule has 0 spiro atoms. The van der Waals surface area contributed by atoms with Gasteiger partial charge in [-0.2, -0.15) is 13.2 Å². The van der Waals surface area contributed by atoms with E-state index in [1.807, 2.05) is 0 Å². The summed E-state index contributed by atoms with van der Waals surface area (Å²) in [7, 11) is 0. The van der Waals surface area contributed by atoms with E-state index in [4.69, 9.17) is 5.11 Å². The second kappa shape index (κ2) is 4.80. The second-order valence-corrected chi connectivity index (χ2v) is 4.10. The van der Waals surface area contributed by atoms with Crippen LogP contribution in [0.3, 0.4) is 0 Å². The number of hydrogen-bond acceptors (Lipinski definition) is 2. The Morgan fingerprint density at radius 2 is 2.00 bits per heavy atom. The van der Waals surface area contributed by atoms with Gasteiger partial charge in [-0.1, -0.05) is 6.92 Å². The molecule has 2 amide bonds. The minimum atomic E-state index is -4.47. The van der Waals surface area contributed by atoms with Crippen molar-refractivity contribution in [3.05, 3.63) is 0 Å². The van der Waals surface area contributed by atoms with Crippen molar-refractivity contribution in [1.29, 1.82) is 0 Å². The van der Waals surface area contributed by atoms with Crippen LogP contribution in [0.4, 0.5) is 18.0 Å². The van der Waals surface area contributed by atoms with Gasteiger partial charge < -0.3 is 15.3 Å². The highest BCUT2D eigenvalue weighted by molar-refractivity contribution is 5.77. The maximum absolute atomic E-state index is 11.9. The molecule has 1 fully saturated rings. The number of nitrogens with zero attached hydrogens (tertiary/aromatic N) is 1. The fraction of sp³-hybridized carbons (Fsp3) is 0.778. The molecule has 2 atom stereocenters. The predicted molar refractivity (Wildman–Crippen MR) is 51.3 cm³/mol. The van der Waals surface area contributed by atoms with Crippen molar-refractivity contribution in [3.8, 4) is 0 Å². The topological polar surface area (TPSA) is 69.6 Å². The first kappa shape index (κ1) is 13.6. The highest BCUT2D eigenvalue weighted by Crippen LogP contribution is 2.23. The van der Waals surface area contributed by atoms with Crippen molar-refractivity contribution in [2.24, 2.45) is 11.8 Å². The lowest BCUT2D eigenvalue weighted by Gasteiger charge is -2.17. The van der Waals surface area contributed by atoms with E-state index in [0.717, 1.165) is 4.90 Å². The fourth-order valence-corrected chi connectivity index (χ4v) is 1.74. The molecule has 0 aliphatic carbocycles. The first-order valence-electron chi connectivity index (χ1n) is 5.03. The van der Waals surface area contributed by atoms with E-state index < -0.39 is 30.6 Å². The van der Waals surface area contributed by atoms with Gasteiger partial charge in [0.05, 0.1) is 5.92 Å². The number of carbonyl (C=O) groups is 2. The van der Waals surface area contributed by atoms with E-state index in [-0.39, 0.29) is 19.0 Å². The van der Waals surface area contributed by atoms with Crippen LogP contribution in [-0.4, -0.2) is 47.8 Å². The van der Waals surface area contributed by atoms with Crippen LogP contribution in [0, 0.1) is 11.8 Å². The number of hydrogen-bond donors (Lipinski definition) is 2. The Hall–Kier alpha value is -1.47. The summed E-state index contributed by atoms with van der Waals surface area (Å²) >= 11 is 0. The maximum Gasteiger partial charge on any atom is 0.405 e. The fourth-order valence-electron chi connectivity index (χ4n) is 1.74. The van der Waals surface area contributed by atoms with Crippen molar-refractivity contribution >= 4 is 12.0 Å². The Bertz CT molecular complexity index is 319. The van der Waals surface area contributed by atoms with Crippen LogP contribution in [0.25, 0.3) is 0 Å². The van der Waals surface area contributed by atoms with Crippen LogP contribution in [0.5, 0.6) is 0 Å². The minimum absolute atomic E-state index is 0.0554. The number of urea groups is 1. The first-order chi connectivity index (χ1) is 7.70. The molecule has 0 radical (unpaired) electrons. The van der Waals surface area contributed by atoms with Gasteiger partial charge in [0.25, 0.3) is 0 Å².